The minimum atomic E-state index is -4.43. The number of aliphatic hydroxyl groups excluding tert-OH is 1. The van der Waals surface area contributed by atoms with Crippen molar-refractivity contribution >= 4 is 23.0 Å². The van der Waals surface area contributed by atoms with Crippen molar-refractivity contribution in [2.45, 2.75) is 13.1 Å². The van der Waals surface area contributed by atoms with E-state index in [4.69, 9.17) is 9.84 Å². The molecule has 0 radical (unpaired) electrons. The molecule has 1 aromatic carbocycles. The third kappa shape index (κ3) is 3.36. The van der Waals surface area contributed by atoms with Gasteiger partial charge in [-0.15, -0.1) is 0 Å². The van der Waals surface area contributed by atoms with Crippen LogP contribution in [0.3, 0.4) is 0 Å². The van der Waals surface area contributed by atoms with Crippen LogP contribution in [0, 0.1) is 6.92 Å². The number of hydrogen-bond acceptors (Lipinski definition) is 5. The van der Waals surface area contributed by atoms with Crippen LogP contribution in [-0.2, 0) is 6.18 Å². The van der Waals surface area contributed by atoms with Gasteiger partial charge in [0.1, 0.15) is 18.1 Å². The minimum Gasteiger partial charge on any atom is -0.491 e. The second-order valence-corrected chi connectivity index (χ2v) is 6.20. The number of ether oxygens (including phenoxy) is 1. The lowest BCUT2D eigenvalue weighted by atomic mass is 10.2. The molecule has 2 heterocycles. The van der Waals surface area contributed by atoms with Crippen LogP contribution in [0.4, 0.5) is 13.2 Å². The molecule has 0 aliphatic heterocycles. The Hall–Kier alpha value is -2.26. The molecular weight excluding hydrogens is 367 g/mol. The largest absolute Gasteiger partial charge is 0.491 e. The van der Waals surface area contributed by atoms with Crippen LogP contribution in [0.1, 0.15) is 11.1 Å². The highest BCUT2D eigenvalue weighted by Gasteiger charge is 2.31. The fourth-order valence-corrected chi connectivity index (χ4v) is 3.28. The second-order valence-electron chi connectivity index (χ2n) is 5.47. The molecule has 0 spiro atoms. The third-order valence-corrected chi connectivity index (χ3v) is 4.57. The molecule has 138 valence electrons. The van der Waals surface area contributed by atoms with E-state index in [2.05, 4.69) is 9.97 Å². The quantitative estimate of drug-likeness (QED) is 0.724. The lowest BCUT2D eigenvalue weighted by molar-refractivity contribution is -0.137. The molecular formula is C17H16F3N3O2S. The van der Waals surface area contributed by atoms with Gasteiger partial charge in [-0.3, -0.25) is 8.96 Å². The van der Waals surface area contributed by atoms with Crippen LogP contribution >= 0.6 is 11.9 Å². The molecule has 0 aliphatic carbocycles. The molecule has 1 N–H and O–H groups in total. The summed E-state index contributed by atoms with van der Waals surface area (Å²) in [4.78, 5) is 8.72. The summed E-state index contributed by atoms with van der Waals surface area (Å²) >= 11 is 1.32. The number of nitrogens with zero attached hydrogens (tertiary/aromatic N) is 3. The van der Waals surface area contributed by atoms with Crippen molar-refractivity contribution < 1.29 is 23.0 Å². The number of alkyl halides is 3. The summed E-state index contributed by atoms with van der Waals surface area (Å²) < 4.78 is 46.1. The molecule has 0 atom stereocenters. The molecule has 3 rings (SSSR count). The van der Waals surface area contributed by atoms with Crippen LogP contribution < -0.4 is 4.74 Å². The summed E-state index contributed by atoms with van der Waals surface area (Å²) in [6, 6.07) is 5.16. The van der Waals surface area contributed by atoms with E-state index in [9.17, 15) is 13.2 Å². The maximum Gasteiger partial charge on any atom is 0.416 e. The van der Waals surface area contributed by atoms with Gasteiger partial charge in [-0.2, -0.15) is 13.2 Å². The molecule has 0 saturated heterocycles. The highest BCUT2D eigenvalue weighted by molar-refractivity contribution is 7.97. The third-order valence-electron chi connectivity index (χ3n) is 3.84. The zero-order chi connectivity index (χ0) is 18.9. The molecule has 0 unspecified atom stereocenters. The Morgan fingerprint density at radius 2 is 2.04 bits per heavy atom. The number of halogens is 3. The van der Waals surface area contributed by atoms with E-state index in [-0.39, 0.29) is 18.7 Å². The molecule has 9 heteroatoms. The van der Waals surface area contributed by atoms with Gasteiger partial charge >= 0.3 is 6.18 Å². The summed E-state index contributed by atoms with van der Waals surface area (Å²) in [7, 11) is 0. The average Bonchev–Trinajstić information content (AvgIpc) is 2.97. The predicted octanol–water partition coefficient (Wildman–Crippen LogP) is 3.92. The Morgan fingerprint density at radius 1 is 1.27 bits per heavy atom. The van der Waals surface area contributed by atoms with Crippen molar-refractivity contribution in [2.24, 2.45) is 0 Å². The van der Waals surface area contributed by atoms with Crippen molar-refractivity contribution in [2.75, 3.05) is 19.5 Å². The van der Waals surface area contributed by atoms with Gasteiger partial charge in [0, 0.05) is 18.0 Å². The minimum absolute atomic E-state index is 0.124. The monoisotopic (exact) mass is 383 g/mol. The number of pyridine rings is 1. The number of benzene rings is 1. The van der Waals surface area contributed by atoms with Gasteiger partial charge < -0.3 is 9.84 Å². The highest BCUT2D eigenvalue weighted by Crippen LogP contribution is 2.35. The first-order chi connectivity index (χ1) is 12.4. The zero-order valence-electron chi connectivity index (χ0n) is 14.0. The van der Waals surface area contributed by atoms with Crippen LogP contribution in [0.25, 0.3) is 22.6 Å². The smallest absolute Gasteiger partial charge is 0.416 e. The van der Waals surface area contributed by atoms with Gasteiger partial charge in [-0.25, -0.2) is 4.98 Å². The Bertz CT molecular complexity index is 941. The summed E-state index contributed by atoms with van der Waals surface area (Å²) in [5, 5.41) is 8.92. The summed E-state index contributed by atoms with van der Waals surface area (Å²) in [6.45, 7) is 1.80. The molecule has 0 bridgehead atoms. The van der Waals surface area contributed by atoms with E-state index >= 15 is 0 Å². The van der Waals surface area contributed by atoms with Crippen LogP contribution in [0.2, 0.25) is 0 Å². The van der Waals surface area contributed by atoms with Gasteiger partial charge in [0.2, 0.25) is 0 Å². The SMILES string of the molecule is CSn1c(-c2nccc(OCCO)c2C)nc2cc(C(F)(F)F)ccc21. The van der Waals surface area contributed by atoms with Gasteiger partial charge in [-0.05, 0) is 43.1 Å². The van der Waals surface area contributed by atoms with E-state index in [1.165, 1.54) is 18.0 Å². The number of hydrogen-bond donors (Lipinski definition) is 1. The maximum absolute atomic E-state index is 13.0. The van der Waals surface area contributed by atoms with E-state index in [0.29, 0.717) is 28.3 Å². The number of imidazole rings is 1. The number of rotatable bonds is 5. The van der Waals surface area contributed by atoms with E-state index in [1.54, 1.807) is 23.2 Å². The van der Waals surface area contributed by atoms with E-state index in [0.717, 1.165) is 12.1 Å². The second kappa shape index (κ2) is 7.16. The first-order valence-electron chi connectivity index (χ1n) is 7.70. The first-order valence-corrected chi connectivity index (χ1v) is 8.88. The first kappa shape index (κ1) is 18.5. The number of fused-ring (bicyclic) bond motifs is 1. The van der Waals surface area contributed by atoms with Crippen LogP contribution in [0.5, 0.6) is 5.75 Å². The van der Waals surface area contributed by atoms with Crippen molar-refractivity contribution in [1.29, 1.82) is 0 Å². The van der Waals surface area contributed by atoms with Gasteiger partial charge in [0.25, 0.3) is 0 Å². The van der Waals surface area contributed by atoms with Crippen molar-refractivity contribution in [3.63, 3.8) is 0 Å². The number of aromatic nitrogens is 3. The lowest BCUT2D eigenvalue weighted by Crippen LogP contribution is -2.04. The maximum atomic E-state index is 13.0. The molecule has 5 nitrogen and oxygen atoms in total. The van der Waals surface area contributed by atoms with Crippen molar-refractivity contribution in [3.05, 3.63) is 41.6 Å². The molecule has 0 saturated carbocycles. The van der Waals surface area contributed by atoms with Gasteiger partial charge in [0.05, 0.1) is 23.2 Å². The Kier molecular flexibility index (Phi) is 5.10. The zero-order valence-corrected chi connectivity index (χ0v) is 14.9. The summed E-state index contributed by atoms with van der Waals surface area (Å²) in [5.41, 5.74) is 1.28. The van der Waals surface area contributed by atoms with Crippen molar-refractivity contribution in [3.8, 4) is 17.3 Å². The van der Waals surface area contributed by atoms with Crippen LogP contribution in [-0.4, -0.2) is 38.5 Å². The Labute approximate surface area is 152 Å². The molecule has 2 aromatic heterocycles. The Balaban J connectivity index is 2.16. The molecule has 3 aromatic rings. The number of aliphatic hydroxyl groups is 1. The fraction of sp³-hybridized carbons (Fsp3) is 0.294. The lowest BCUT2D eigenvalue weighted by Gasteiger charge is -2.11. The highest BCUT2D eigenvalue weighted by atomic mass is 32.2. The van der Waals surface area contributed by atoms with Gasteiger partial charge in [-0.1, -0.05) is 0 Å². The standard InChI is InChI=1S/C17H16F3N3O2S/c1-10-14(25-8-7-24)5-6-21-15(10)16-22-12-9-11(17(18,19)20)3-4-13(12)23(16)26-2/h3-6,9,24H,7-8H2,1-2H3. The average molecular weight is 383 g/mol. The van der Waals surface area contributed by atoms with Crippen molar-refractivity contribution in [1.82, 2.24) is 13.9 Å². The van der Waals surface area contributed by atoms with Gasteiger partial charge in [0.15, 0.2) is 5.82 Å². The Morgan fingerprint density at radius 3 is 2.69 bits per heavy atom. The molecule has 0 fully saturated rings. The predicted molar refractivity (Wildman–Crippen MR) is 94.2 cm³/mol. The van der Waals surface area contributed by atoms with E-state index < -0.39 is 11.7 Å². The fourth-order valence-electron chi connectivity index (χ4n) is 2.62. The molecule has 0 aliphatic rings. The summed E-state index contributed by atoms with van der Waals surface area (Å²) in [5.74, 6) is 0.985. The summed E-state index contributed by atoms with van der Waals surface area (Å²) in [6.07, 6.45) is -1.08. The normalized spacial score (nSPS) is 11.9. The van der Waals surface area contributed by atoms with Crippen LogP contribution in [0.15, 0.2) is 30.5 Å². The topological polar surface area (TPSA) is 60.2 Å². The molecule has 26 heavy (non-hydrogen) atoms. The van der Waals surface area contributed by atoms with E-state index in [1.807, 2.05) is 6.26 Å². The molecule has 0 amide bonds.